The first-order valence-corrected chi connectivity index (χ1v) is 8.38. The number of carbonyl (C=O) groups is 2. The van der Waals surface area contributed by atoms with E-state index < -0.39 is 5.41 Å². The van der Waals surface area contributed by atoms with E-state index in [4.69, 9.17) is 5.73 Å². The minimum atomic E-state index is -0.557. The average molecular weight is 354 g/mol. The van der Waals surface area contributed by atoms with Crippen LogP contribution in [0, 0.1) is 12.3 Å². The Morgan fingerprint density at radius 3 is 2.38 bits per heavy atom. The summed E-state index contributed by atoms with van der Waals surface area (Å²) in [4.78, 5) is 24.8. The highest BCUT2D eigenvalue weighted by Crippen LogP contribution is 2.28. The van der Waals surface area contributed by atoms with Crippen molar-refractivity contribution in [2.75, 3.05) is 11.9 Å². The number of aryl methyl sites for hydroxylation is 1. The van der Waals surface area contributed by atoms with Gasteiger partial charge in [0, 0.05) is 23.8 Å². The topological polar surface area (TPSA) is 84.2 Å². The SMILES string of the molecule is CCC(CC)(CN)C(=O)Nc1cc(C(=O)NC2CC2)ccc1C.Cl. The molecule has 1 aliphatic carbocycles. The Balaban J connectivity index is 0.00000288. The maximum atomic E-state index is 12.7. The second-order valence-corrected chi connectivity index (χ2v) is 6.42. The monoisotopic (exact) mass is 353 g/mol. The molecule has 0 atom stereocenters. The molecule has 1 aromatic carbocycles. The quantitative estimate of drug-likeness (QED) is 0.704. The lowest BCUT2D eigenvalue weighted by molar-refractivity contribution is -0.125. The van der Waals surface area contributed by atoms with Crippen molar-refractivity contribution in [3.05, 3.63) is 29.3 Å². The van der Waals surface area contributed by atoms with Crippen molar-refractivity contribution in [1.29, 1.82) is 0 Å². The molecule has 4 N–H and O–H groups in total. The molecule has 0 radical (unpaired) electrons. The lowest BCUT2D eigenvalue weighted by Gasteiger charge is -2.29. The summed E-state index contributed by atoms with van der Waals surface area (Å²) in [5.41, 5.74) is 7.46. The molecule has 6 heteroatoms. The number of anilines is 1. The van der Waals surface area contributed by atoms with Gasteiger partial charge in [0.2, 0.25) is 5.91 Å². The normalized spacial score (nSPS) is 13.8. The Morgan fingerprint density at radius 1 is 1.25 bits per heavy atom. The Labute approximate surface area is 150 Å². The summed E-state index contributed by atoms with van der Waals surface area (Å²) in [6.07, 6.45) is 3.47. The largest absolute Gasteiger partial charge is 0.349 e. The molecule has 2 amide bonds. The van der Waals surface area contributed by atoms with Crippen LogP contribution in [0.25, 0.3) is 0 Å². The van der Waals surface area contributed by atoms with Crippen molar-refractivity contribution in [3.63, 3.8) is 0 Å². The van der Waals surface area contributed by atoms with E-state index in [1.807, 2.05) is 26.8 Å². The Hall–Kier alpha value is -1.59. The van der Waals surface area contributed by atoms with Gasteiger partial charge in [-0.05, 0) is 50.3 Å². The molecule has 0 spiro atoms. The number of nitrogens with two attached hydrogens (primary N) is 1. The number of benzene rings is 1. The molecule has 1 aliphatic rings. The summed E-state index contributed by atoms with van der Waals surface area (Å²) in [6, 6.07) is 5.71. The fourth-order valence-corrected chi connectivity index (χ4v) is 2.60. The number of halogens is 1. The molecule has 2 rings (SSSR count). The van der Waals surface area contributed by atoms with Gasteiger partial charge in [-0.15, -0.1) is 12.4 Å². The van der Waals surface area contributed by atoms with Crippen molar-refractivity contribution in [2.45, 2.75) is 52.5 Å². The van der Waals surface area contributed by atoms with Crippen LogP contribution in [0.3, 0.4) is 0 Å². The zero-order valence-corrected chi connectivity index (χ0v) is 15.5. The maximum Gasteiger partial charge on any atom is 0.251 e. The standard InChI is InChI=1S/C18H27N3O2.ClH/c1-4-18(5-2,11-19)17(23)21-15-10-13(7-6-12(15)3)16(22)20-14-8-9-14;/h6-7,10,14H,4-5,8-9,11,19H2,1-3H3,(H,20,22)(H,21,23);1H. The van der Waals surface area contributed by atoms with Crippen molar-refractivity contribution < 1.29 is 9.59 Å². The van der Waals surface area contributed by atoms with E-state index in [0.29, 0.717) is 36.7 Å². The van der Waals surface area contributed by atoms with Gasteiger partial charge in [-0.1, -0.05) is 19.9 Å². The first kappa shape index (κ1) is 20.5. The third-order valence-electron chi connectivity index (χ3n) is 4.89. The van der Waals surface area contributed by atoms with Crippen molar-refractivity contribution >= 4 is 29.9 Å². The van der Waals surface area contributed by atoms with Crippen LogP contribution in [0.1, 0.15) is 55.5 Å². The fraction of sp³-hybridized carbons (Fsp3) is 0.556. The third-order valence-corrected chi connectivity index (χ3v) is 4.89. The molecule has 1 aromatic rings. The van der Waals surface area contributed by atoms with Gasteiger partial charge >= 0.3 is 0 Å². The van der Waals surface area contributed by atoms with Crippen LogP contribution in [0.5, 0.6) is 0 Å². The van der Waals surface area contributed by atoms with Crippen LogP contribution in [0.4, 0.5) is 5.69 Å². The lowest BCUT2D eigenvalue weighted by atomic mass is 9.81. The van der Waals surface area contributed by atoms with Gasteiger partial charge < -0.3 is 16.4 Å². The zero-order chi connectivity index (χ0) is 17.0. The highest BCUT2D eigenvalue weighted by molar-refractivity contribution is 5.99. The molecule has 0 bridgehead atoms. The molecule has 1 fully saturated rings. The molecule has 0 heterocycles. The number of rotatable bonds is 7. The highest BCUT2D eigenvalue weighted by atomic mass is 35.5. The van der Waals surface area contributed by atoms with E-state index in [-0.39, 0.29) is 24.2 Å². The molecule has 1 saturated carbocycles. The average Bonchev–Trinajstić information content (AvgIpc) is 3.35. The number of hydrogen-bond acceptors (Lipinski definition) is 3. The minimum absolute atomic E-state index is 0. The summed E-state index contributed by atoms with van der Waals surface area (Å²) in [5.74, 6) is -0.160. The molecule has 0 saturated heterocycles. The van der Waals surface area contributed by atoms with Crippen molar-refractivity contribution in [3.8, 4) is 0 Å². The molecule has 24 heavy (non-hydrogen) atoms. The van der Waals surface area contributed by atoms with Crippen molar-refractivity contribution in [2.24, 2.45) is 11.1 Å². The molecule has 0 aliphatic heterocycles. The molecular weight excluding hydrogens is 326 g/mol. The van der Waals surface area contributed by atoms with Gasteiger partial charge in [0.25, 0.3) is 5.91 Å². The Morgan fingerprint density at radius 2 is 1.88 bits per heavy atom. The lowest BCUT2D eigenvalue weighted by Crippen LogP contribution is -2.41. The summed E-state index contributed by atoms with van der Waals surface area (Å²) in [7, 11) is 0. The van der Waals surface area contributed by atoms with Gasteiger partial charge in [-0.2, -0.15) is 0 Å². The van der Waals surface area contributed by atoms with Crippen LogP contribution >= 0.6 is 12.4 Å². The molecule has 0 unspecified atom stereocenters. The molecule has 5 nitrogen and oxygen atoms in total. The number of carbonyl (C=O) groups excluding carboxylic acids is 2. The molecule has 0 aromatic heterocycles. The predicted octanol–water partition coefficient (Wildman–Crippen LogP) is 3.01. The fourth-order valence-electron chi connectivity index (χ4n) is 2.60. The number of hydrogen-bond donors (Lipinski definition) is 3. The number of nitrogens with one attached hydrogen (secondary N) is 2. The van der Waals surface area contributed by atoms with E-state index in [2.05, 4.69) is 10.6 Å². The van der Waals surface area contributed by atoms with Gasteiger partial charge in [0.05, 0.1) is 5.41 Å². The third kappa shape index (κ3) is 4.48. The zero-order valence-electron chi connectivity index (χ0n) is 14.6. The van der Waals surface area contributed by atoms with Gasteiger partial charge in [0.1, 0.15) is 0 Å². The van der Waals surface area contributed by atoms with E-state index in [0.717, 1.165) is 18.4 Å². The second-order valence-electron chi connectivity index (χ2n) is 6.42. The predicted molar refractivity (Wildman–Crippen MR) is 99.6 cm³/mol. The van der Waals surface area contributed by atoms with Crippen LogP contribution in [0.15, 0.2) is 18.2 Å². The Kier molecular flexibility index (Phi) is 7.24. The van der Waals surface area contributed by atoms with Gasteiger partial charge in [-0.25, -0.2) is 0 Å². The molecular formula is C18H28ClN3O2. The summed E-state index contributed by atoms with van der Waals surface area (Å²) in [6.45, 7) is 6.18. The Bertz CT molecular complexity index is 588. The van der Waals surface area contributed by atoms with Crippen LogP contribution in [0.2, 0.25) is 0 Å². The smallest absolute Gasteiger partial charge is 0.251 e. The van der Waals surface area contributed by atoms with E-state index in [9.17, 15) is 9.59 Å². The van der Waals surface area contributed by atoms with E-state index >= 15 is 0 Å². The summed E-state index contributed by atoms with van der Waals surface area (Å²) in [5, 5.41) is 5.93. The number of amides is 2. The van der Waals surface area contributed by atoms with Crippen LogP contribution in [-0.2, 0) is 4.79 Å². The second kappa shape index (κ2) is 8.49. The first-order chi connectivity index (χ1) is 11.0. The van der Waals surface area contributed by atoms with E-state index in [1.165, 1.54) is 0 Å². The van der Waals surface area contributed by atoms with E-state index in [1.54, 1.807) is 12.1 Å². The van der Waals surface area contributed by atoms with Crippen LogP contribution < -0.4 is 16.4 Å². The maximum absolute atomic E-state index is 12.7. The van der Waals surface area contributed by atoms with Crippen LogP contribution in [-0.4, -0.2) is 24.4 Å². The van der Waals surface area contributed by atoms with Gasteiger partial charge in [-0.3, -0.25) is 9.59 Å². The highest BCUT2D eigenvalue weighted by Gasteiger charge is 2.33. The summed E-state index contributed by atoms with van der Waals surface area (Å²) >= 11 is 0. The molecule has 134 valence electrons. The van der Waals surface area contributed by atoms with Gasteiger partial charge in [0.15, 0.2) is 0 Å². The summed E-state index contributed by atoms with van der Waals surface area (Å²) < 4.78 is 0. The van der Waals surface area contributed by atoms with Crippen molar-refractivity contribution in [1.82, 2.24) is 5.32 Å². The first-order valence-electron chi connectivity index (χ1n) is 8.38. The minimum Gasteiger partial charge on any atom is -0.349 e.